The Morgan fingerprint density at radius 1 is 1.42 bits per heavy atom. The topological polar surface area (TPSA) is 51.3 Å². The van der Waals surface area contributed by atoms with Gasteiger partial charge in [0.25, 0.3) is 0 Å². The minimum absolute atomic E-state index is 0.0462. The van der Waals surface area contributed by atoms with Crippen LogP contribution in [0.4, 0.5) is 0 Å². The minimum atomic E-state index is -0.0462. The van der Waals surface area contributed by atoms with Crippen molar-refractivity contribution in [2.45, 2.75) is 52.7 Å². The van der Waals surface area contributed by atoms with Gasteiger partial charge in [-0.1, -0.05) is 13.8 Å². The number of nitrogens with zero attached hydrogens (tertiary/aromatic N) is 2. The summed E-state index contributed by atoms with van der Waals surface area (Å²) >= 11 is 0. The molecule has 4 nitrogen and oxygen atoms in total. The molecule has 0 aliphatic carbocycles. The predicted molar refractivity (Wildman–Crippen MR) is 76.7 cm³/mol. The second kappa shape index (κ2) is 5.37. The number of aromatic nitrogens is 1. The summed E-state index contributed by atoms with van der Waals surface area (Å²) in [6.45, 7) is 10.0. The van der Waals surface area contributed by atoms with Gasteiger partial charge in [0.2, 0.25) is 5.91 Å². The Hall–Kier alpha value is -1.29. The van der Waals surface area contributed by atoms with Crippen molar-refractivity contribution in [1.29, 1.82) is 0 Å². The molecular weight excluding hydrogens is 238 g/mol. The van der Waals surface area contributed by atoms with Gasteiger partial charge in [0.05, 0.1) is 6.04 Å². The normalized spacial score (nSPS) is 20.5. The molecule has 1 aromatic heterocycles. The summed E-state index contributed by atoms with van der Waals surface area (Å²) in [7, 11) is 0. The van der Waals surface area contributed by atoms with Crippen LogP contribution in [-0.4, -0.2) is 28.0 Å². The number of hydrogen-bond donors (Lipinski definition) is 1. The number of hydrogen-bond acceptors (Lipinski definition) is 2. The summed E-state index contributed by atoms with van der Waals surface area (Å²) in [4.78, 5) is 14.3. The van der Waals surface area contributed by atoms with Gasteiger partial charge >= 0.3 is 0 Å². The van der Waals surface area contributed by atoms with Crippen LogP contribution in [0.15, 0.2) is 12.1 Å². The highest BCUT2D eigenvalue weighted by molar-refractivity contribution is 5.77. The molecule has 0 aromatic carbocycles. The highest BCUT2D eigenvalue weighted by atomic mass is 16.2. The SMILES string of the molecule is Cc1ccc2n1CCN(C(=O)CC(N)C(C)C)C2C. The molecule has 2 atom stereocenters. The van der Waals surface area contributed by atoms with Gasteiger partial charge in [-0.3, -0.25) is 4.79 Å². The summed E-state index contributed by atoms with van der Waals surface area (Å²) < 4.78 is 2.30. The van der Waals surface area contributed by atoms with Gasteiger partial charge in [0.15, 0.2) is 0 Å². The molecule has 0 radical (unpaired) electrons. The van der Waals surface area contributed by atoms with E-state index in [-0.39, 0.29) is 18.0 Å². The quantitative estimate of drug-likeness (QED) is 0.907. The second-order valence-corrected chi connectivity index (χ2v) is 5.93. The Kier molecular flexibility index (Phi) is 3.99. The Labute approximate surface area is 115 Å². The third kappa shape index (κ3) is 2.68. The Balaban J connectivity index is 2.09. The summed E-state index contributed by atoms with van der Waals surface area (Å²) in [6.07, 6.45) is 0.446. The van der Waals surface area contributed by atoms with E-state index in [9.17, 15) is 4.79 Å². The molecule has 1 aromatic rings. The molecule has 0 fully saturated rings. The van der Waals surface area contributed by atoms with E-state index in [4.69, 9.17) is 5.73 Å². The van der Waals surface area contributed by atoms with Crippen molar-refractivity contribution < 1.29 is 4.79 Å². The molecule has 106 valence electrons. The molecule has 19 heavy (non-hydrogen) atoms. The lowest BCUT2D eigenvalue weighted by Gasteiger charge is -2.36. The highest BCUT2D eigenvalue weighted by Gasteiger charge is 2.29. The summed E-state index contributed by atoms with van der Waals surface area (Å²) in [5.41, 5.74) is 8.52. The molecule has 0 bridgehead atoms. The first kappa shape index (κ1) is 14.1. The smallest absolute Gasteiger partial charge is 0.224 e. The molecule has 0 saturated heterocycles. The van der Waals surface area contributed by atoms with Crippen molar-refractivity contribution in [2.75, 3.05) is 6.54 Å². The van der Waals surface area contributed by atoms with Crippen LogP contribution >= 0.6 is 0 Å². The fourth-order valence-corrected chi connectivity index (χ4v) is 2.72. The molecule has 1 aliphatic rings. The molecule has 2 unspecified atom stereocenters. The molecule has 2 rings (SSSR count). The van der Waals surface area contributed by atoms with E-state index in [1.165, 1.54) is 11.4 Å². The van der Waals surface area contributed by atoms with Crippen LogP contribution in [0.2, 0.25) is 0 Å². The van der Waals surface area contributed by atoms with Crippen LogP contribution in [0.3, 0.4) is 0 Å². The van der Waals surface area contributed by atoms with E-state index in [0.29, 0.717) is 12.3 Å². The van der Waals surface area contributed by atoms with Gasteiger partial charge in [-0.05, 0) is 31.9 Å². The van der Waals surface area contributed by atoms with Crippen molar-refractivity contribution in [1.82, 2.24) is 9.47 Å². The first-order valence-corrected chi connectivity index (χ1v) is 7.13. The fourth-order valence-electron chi connectivity index (χ4n) is 2.72. The lowest BCUT2D eigenvalue weighted by atomic mass is 10.0. The van der Waals surface area contributed by atoms with E-state index in [0.717, 1.165) is 13.1 Å². The Bertz CT molecular complexity index is 464. The fraction of sp³-hybridized carbons (Fsp3) is 0.667. The van der Waals surface area contributed by atoms with Crippen molar-refractivity contribution in [3.05, 3.63) is 23.5 Å². The zero-order valence-corrected chi connectivity index (χ0v) is 12.4. The molecule has 0 spiro atoms. The zero-order valence-electron chi connectivity index (χ0n) is 12.4. The van der Waals surface area contributed by atoms with E-state index < -0.39 is 0 Å². The molecule has 2 heterocycles. The number of nitrogens with two attached hydrogens (primary N) is 1. The van der Waals surface area contributed by atoms with E-state index in [1.807, 2.05) is 4.90 Å². The Morgan fingerprint density at radius 3 is 2.74 bits per heavy atom. The van der Waals surface area contributed by atoms with Gasteiger partial charge in [-0.15, -0.1) is 0 Å². The third-order valence-corrected chi connectivity index (χ3v) is 4.28. The van der Waals surface area contributed by atoms with Crippen LogP contribution in [0.25, 0.3) is 0 Å². The Morgan fingerprint density at radius 2 is 2.11 bits per heavy atom. The predicted octanol–water partition coefficient (Wildman–Crippen LogP) is 2.07. The number of fused-ring (bicyclic) bond motifs is 1. The standard InChI is InChI=1S/C15H25N3O/c1-10(2)13(16)9-15(19)18-8-7-17-11(3)5-6-14(17)12(18)4/h5-6,10,12-13H,7-9,16H2,1-4H3. The van der Waals surface area contributed by atoms with Gasteiger partial charge in [0, 0.05) is 36.9 Å². The van der Waals surface area contributed by atoms with Crippen LogP contribution < -0.4 is 5.73 Å². The van der Waals surface area contributed by atoms with Crippen LogP contribution in [0.1, 0.15) is 44.6 Å². The first-order valence-electron chi connectivity index (χ1n) is 7.13. The molecule has 1 aliphatic heterocycles. The summed E-state index contributed by atoms with van der Waals surface area (Å²) in [5, 5.41) is 0. The van der Waals surface area contributed by atoms with Gasteiger partial charge < -0.3 is 15.2 Å². The number of amides is 1. The highest BCUT2D eigenvalue weighted by Crippen LogP contribution is 2.27. The molecule has 1 amide bonds. The maximum absolute atomic E-state index is 12.4. The van der Waals surface area contributed by atoms with Crippen molar-refractivity contribution in [3.8, 4) is 0 Å². The molecular formula is C15H25N3O. The van der Waals surface area contributed by atoms with Gasteiger partial charge in [-0.25, -0.2) is 0 Å². The third-order valence-electron chi connectivity index (χ3n) is 4.28. The maximum Gasteiger partial charge on any atom is 0.224 e. The van der Waals surface area contributed by atoms with Crippen LogP contribution in [0.5, 0.6) is 0 Å². The minimum Gasteiger partial charge on any atom is -0.345 e. The van der Waals surface area contributed by atoms with Gasteiger partial charge in [0.1, 0.15) is 0 Å². The van der Waals surface area contributed by atoms with Gasteiger partial charge in [-0.2, -0.15) is 0 Å². The van der Waals surface area contributed by atoms with E-state index in [2.05, 4.69) is 44.4 Å². The van der Waals surface area contributed by atoms with E-state index >= 15 is 0 Å². The summed E-state index contributed by atoms with van der Waals surface area (Å²) in [5.74, 6) is 0.522. The number of aryl methyl sites for hydroxylation is 1. The first-order chi connectivity index (χ1) is 8.91. The van der Waals surface area contributed by atoms with Crippen molar-refractivity contribution in [3.63, 3.8) is 0 Å². The average Bonchev–Trinajstić information content (AvgIpc) is 2.72. The second-order valence-electron chi connectivity index (χ2n) is 5.93. The number of carbonyl (C=O) groups is 1. The number of carbonyl (C=O) groups excluding carboxylic acids is 1. The zero-order chi connectivity index (χ0) is 14.2. The molecule has 4 heteroatoms. The van der Waals surface area contributed by atoms with Crippen molar-refractivity contribution >= 4 is 5.91 Å². The van der Waals surface area contributed by atoms with Crippen molar-refractivity contribution in [2.24, 2.45) is 11.7 Å². The summed E-state index contributed by atoms with van der Waals surface area (Å²) in [6, 6.07) is 4.35. The largest absolute Gasteiger partial charge is 0.345 e. The van der Waals surface area contributed by atoms with E-state index in [1.54, 1.807) is 0 Å². The van der Waals surface area contributed by atoms with Crippen LogP contribution in [-0.2, 0) is 11.3 Å². The lowest BCUT2D eigenvalue weighted by Crippen LogP contribution is -2.43. The molecule has 2 N–H and O–H groups in total. The lowest BCUT2D eigenvalue weighted by molar-refractivity contribution is -0.135. The average molecular weight is 263 g/mol. The monoisotopic (exact) mass is 263 g/mol. The van der Waals surface area contributed by atoms with Crippen LogP contribution in [0, 0.1) is 12.8 Å². The maximum atomic E-state index is 12.4. The number of rotatable bonds is 3. The molecule has 0 saturated carbocycles.